The van der Waals surface area contributed by atoms with Gasteiger partial charge in [-0.05, 0) is 60.7 Å². The summed E-state index contributed by atoms with van der Waals surface area (Å²) in [6, 6.07) is 2.37. The Balaban J connectivity index is 1.91. The minimum atomic E-state index is 0.213. The van der Waals surface area contributed by atoms with E-state index in [1.807, 2.05) is 11.7 Å². The minimum absolute atomic E-state index is 0.213. The first-order valence-corrected chi connectivity index (χ1v) is 8.12. The molecule has 2 rings (SSSR count). The number of hydrogen-bond acceptors (Lipinski definition) is 3. The van der Waals surface area contributed by atoms with Crippen molar-refractivity contribution in [1.82, 2.24) is 9.78 Å². The Hall–Kier alpha value is -0.650. The van der Waals surface area contributed by atoms with E-state index in [0.717, 1.165) is 29.4 Å². The van der Waals surface area contributed by atoms with Crippen molar-refractivity contribution in [2.75, 3.05) is 0 Å². The van der Waals surface area contributed by atoms with E-state index >= 15 is 0 Å². The van der Waals surface area contributed by atoms with Gasteiger partial charge >= 0.3 is 0 Å². The molecule has 0 spiro atoms. The van der Waals surface area contributed by atoms with Gasteiger partial charge in [0.15, 0.2) is 0 Å². The van der Waals surface area contributed by atoms with Crippen molar-refractivity contribution in [2.24, 2.45) is 12.8 Å². The van der Waals surface area contributed by atoms with Crippen molar-refractivity contribution in [1.29, 1.82) is 0 Å². The van der Waals surface area contributed by atoms with Crippen LogP contribution < -0.4 is 5.73 Å². The van der Waals surface area contributed by atoms with Gasteiger partial charge in [-0.15, -0.1) is 11.3 Å². The molecule has 3 nitrogen and oxygen atoms in total. The van der Waals surface area contributed by atoms with E-state index in [2.05, 4.69) is 46.3 Å². The highest BCUT2D eigenvalue weighted by Crippen LogP contribution is 2.22. The molecule has 0 saturated carbocycles. The number of hydrogen-bond donors (Lipinski definition) is 1. The maximum absolute atomic E-state index is 6.23. The van der Waals surface area contributed by atoms with Gasteiger partial charge in [0.2, 0.25) is 0 Å². The molecule has 0 saturated heterocycles. The first kappa shape index (κ1) is 14.8. The van der Waals surface area contributed by atoms with Crippen LogP contribution in [0.5, 0.6) is 0 Å². The summed E-state index contributed by atoms with van der Waals surface area (Å²) >= 11 is 5.24. The van der Waals surface area contributed by atoms with Crippen LogP contribution in [0.2, 0.25) is 0 Å². The Morgan fingerprint density at radius 2 is 2.21 bits per heavy atom. The number of aromatic nitrogens is 2. The van der Waals surface area contributed by atoms with Gasteiger partial charge in [0, 0.05) is 33.5 Å². The first-order chi connectivity index (χ1) is 8.97. The van der Waals surface area contributed by atoms with E-state index in [1.165, 1.54) is 16.1 Å². The average Bonchev–Trinajstić information content (AvgIpc) is 2.83. The summed E-state index contributed by atoms with van der Waals surface area (Å²) in [5.74, 6) is 0. The monoisotopic (exact) mass is 341 g/mol. The highest BCUT2D eigenvalue weighted by molar-refractivity contribution is 9.10. The van der Waals surface area contributed by atoms with Crippen LogP contribution in [0, 0.1) is 13.8 Å². The zero-order valence-corrected chi connectivity index (χ0v) is 14.0. The molecule has 2 N–H and O–H groups in total. The van der Waals surface area contributed by atoms with Crippen LogP contribution >= 0.6 is 27.3 Å². The van der Waals surface area contributed by atoms with E-state index in [9.17, 15) is 0 Å². The fourth-order valence-electron chi connectivity index (χ4n) is 2.33. The molecule has 104 valence electrons. The summed E-state index contributed by atoms with van der Waals surface area (Å²) in [5.41, 5.74) is 9.97. The third-order valence-electron chi connectivity index (χ3n) is 3.51. The predicted molar refractivity (Wildman–Crippen MR) is 84.7 cm³/mol. The molecule has 0 bridgehead atoms. The summed E-state index contributed by atoms with van der Waals surface area (Å²) in [6.45, 7) is 4.20. The smallest absolute Gasteiger partial charge is 0.0628 e. The van der Waals surface area contributed by atoms with Crippen molar-refractivity contribution in [3.63, 3.8) is 0 Å². The lowest BCUT2D eigenvalue weighted by atomic mass is 10.0. The van der Waals surface area contributed by atoms with Crippen molar-refractivity contribution < 1.29 is 0 Å². The lowest BCUT2D eigenvalue weighted by Gasteiger charge is -2.10. The number of rotatable bonds is 5. The number of nitrogens with zero attached hydrogens (tertiary/aromatic N) is 2. The molecule has 2 heterocycles. The SMILES string of the molecule is Cc1nn(C)c(C)c1CCC(N)Cc1cc(Br)cs1. The molecule has 19 heavy (non-hydrogen) atoms. The van der Waals surface area contributed by atoms with Crippen LogP contribution in [0.4, 0.5) is 0 Å². The Labute approximate surface area is 126 Å². The minimum Gasteiger partial charge on any atom is -0.327 e. The number of thiophene rings is 1. The fourth-order valence-corrected chi connectivity index (χ4v) is 3.88. The summed E-state index contributed by atoms with van der Waals surface area (Å²) in [7, 11) is 1.99. The van der Waals surface area contributed by atoms with Gasteiger partial charge in [0.1, 0.15) is 0 Å². The molecule has 2 aromatic heterocycles. The molecule has 0 amide bonds. The maximum Gasteiger partial charge on any atom is 0.0628 e. The second kappa shape index (κ2) is 6.20. The van der Waals surface area contributed by atoms with E-state index in [-0.39, 0.29) is 6.04 Å². The summed E-state index contributed by atoms with van der Waals surface area (Å²) in [5, 5.41) is 6.56. The van der Waals surface area contributed by atoms with Gasteiger partial charge in [-0.1, -0.05) is 0 Å². The Morgan fingerprint density at radius 3 is 2.74 bits per heavy atom. The molecule has 5 heteroatoms. The third-order valence-corrected chi connectivity index (χ3v) is 5.23. The molecule has 0 radical (unpaired) electrons. The van der Waals surface area contributed by atoms with E-state index < -0.39 is 0 Å². The number of nitrogens with two attached hydrogens (primary N) is 1. The molecular formula is C14H20BrN3S. The fraction of sp³-hybridized carbons (Fsp3) is 0.500. The van der Waals surface area contributed by atoms with Gasteiger partial charge < -0.3 is 5.73 Å². The Kier molecular flexibility index (Phi) is 4.81. The molecule has 0 aromatic carbocycles. The standard InChI is InChI=1S/C14H20BrN3S/c1-9-14(10(2)18(3)17-9)5-4-12(16)7-13-6-11(15)8-19-13/h6,8,12H,4-5,7,16H2,1-3H3. The lowest BCUT2D eigenvalue weighted by Crippen LogP contribution is -2.23. The topological polar surface area (TPSA) is 43.8 Å². The molecule has 0 fully saturated rings. The average molecular weight is 342 g/mol. The maximum atomic E-state index is 6.23. The van der Waals surface area contributed by atoms with Crippen LogP contribution in [0.15, 0.2) is 15.9 Å². The lowest BCUT2D eigenvalue weighted by molar-refractivity contribution is 0.612. The molecule has 0 aliphatic carbocycles. The largest absolute Gasteiger partial charge is 0.327 e. The second-order valence-corrected chi connectivity index (χ2v) is 6.92. The summed E-state index contributed by atoms with van der Waals surface area (Å²) in [4.78, 5) is 1.35. The van der Waals surface area contributed by atoms with Crippen LogP contribution in [0.3, 0.4) is 0 Å². The van der Waals surface area contributed by atoms with Gasteiger partial charge in [0.25, 0.3) is 0 Å². The molecular weight excluding hydrogens is 322 g/mol. The molecule has 0 aliphatic rings. The van der Waals surface area contributed by atoms with Crippen molar-refractivity contribution in [2.45, 2.75) is 39.2 Å². The summed E-state index contributed by atoms with van der Waals surface area (Å²) in [6.07, 6.45) is 2.97. The highest BCUT2D eigenvalue weighted by atomic mass is 79.9. The normalized spacial score (nSPS) is 12.9. The van der Waals surface area contributed by atoms with E-state index in [4.69, 9.17) is 5.73 Å². The van der Waals surface area contributed by atoms with E-state index in [1.54, 1.807) is 11.3 Å². The Morgan fingerprint density at radius 1 is 1.47 bits per heavy atom. The predicted octanol–water partition coefficient (Wildman–Crippen LogP) is 3.36. The van der Waals surface area contributed by atoms with Gasteiger partial charge in [-0.3, -0.25) is 4.68 Å². The molecule has 1 atom stereocenters. The van der Waals surface area contributed by atoms with Crippen LogP contribution in [-0.2, 0) is 19.9 Å². The first-order valence-electron chi connectivity index (χ1n) is 6.45. The van der Waals surface area contributed by atoms with Crippen LogP contribution in [0.1, 0.15) is 28.2 Å². The van der Waals surface area contributed by atoms with Gasteiger partial charge in [-0.25, -0.2) is 0 Å². The van der Waals surface area contributed by atoms with Crippen molar-refractivity contribution in [3.8, 4) is 0 Å². The molecule has 0 aliphatic heterocycles. The highest BCUT2D eigenvalue weighted by Gasteiger charge is 2.12. The molecule has 1 unspecified atom stereocenters. The van der Waals surface area contributed by atoms with E-state index in [0.29, 0.717) is 0 Å². The van der Waals surface area contributed by atoms with Crippen molar-refractivity contribution >= 4 is 27.3 Å². The zero-order valence-electron chi connectivity index (χ0n) is 11.6. The number of aryl methyl sites for hydroxylation is 2. The second-order valence-electron chi connectivity index (χ2n) is 5.01. The Bertz CT molecular complexity index is 559. The van der Waals surface area contributed by atoms with Crippen LogP contribution in [-0.4, -0.2) is 15.8 Å². The quantitative estimate of drug-likeness (QED) is 0.905. The molecule has 2 aromatic rings. The number of halogens is 1. The van der Waals surface area contributed by atoms with Gasteiger partial charge in [0.05, 0.1) is 5.69 Å². The van der Waals surface area contributed by atoms with Crippen molar-refractivity contribution in [3.05, 3.63) is 37.7 Å². The van der Waals surface area contributed by atoms with Crippen LogP contribution in [0.25, 0.3) is 0 Å². The van der Waals surface area contributed by atoms with Gasteiger partial charge in [-0.2, -0.15) is 5.10 Å². The zero-order chi connectivity index (χ0) is 14.0. The third kappa shape index (κ3) is 3.68. The summed E-state index contributed by atoms with van der Waals surface area (Å²) < 4.78 is 3.10.